The molecule has 114 valence electrons. The lowest BCUT2D eigenvalue weighted by molar-refractivity contribution is 0.580. The molecule has 0 aliphatic heterocycles. The van der Waals surface area contributed by atoms with Crippen molar-refractivity contribution in [2.24, 2.45) is 0 Å². The van der Waals surface area contributed by atoms with Crippen LogP contribution in [0.5, 0.6) is 0 Å². The van der Waals surface area contributed by atoms with Gasteiger partial charge in [0.1, 0.15) is 17.2 Å². The molecule has 6 heteroatoms. The van der Waals surface area contributed by atoms with Gasteiger partial charge >= 0.3 is 0 Å². The molecule has 0 atom stereocenters. The Labute approximate surface area is 131 Å². The highest BCUT2D eigenvalue weighted by Crippen LogP contribution is 2.27. The largest absolute Gasteiger partial charge is 0.415 e. The van der Waals surface area contributed by atoms with E-state index >= 15 is 0 Å². The Bertz CT molecular complexity index is 1000. The van der Waals surface area contributed by atoms with Gasteiger partial charge in [-0.3, -0.25) is 4.40 Å². The van der Waals surface area contributed by atoms with Crippen LogP contribution in [0.4, 0.5) is 4.39 Å². The van der Waals surface area contributed by atoms with Crippen LogP contribution in [0, 0.1) is 19.7 Å². The molecular weight excluding hydrogens is 295 g/mol. The molecule has 0 bridgehead atoms. The monoisotopic (exact) mass is 308 g/mol. The predicted octanol–water partition coefficient (Wildman–Crippen LogP) is 3.81. The molecule has 0 fully saturated rings. The van der Waals surface area contributed by atoms with Crippen molar-refractivity contribution in [3.8, 4) is 23.0 Å². The van der Waals surface area contributed by atoms with Gasteiger partial charge in [-0.25, -0.2) is 9.37 Å². The van der Waals surface area contributed by atoms with E-state index in [1.165, 1.54) is 12.1 Å². The SMILES string of the molecule is Cc1ccn2c(-c3nnc(-c4ccc(F)cc4)o3)c(C)nc2c1. The fraction of sp³-hybridized carbons (Fsp3) is 0.118. The third kappa shape index (κ3) is 2.28. The lowest BCUT2D eigenvalue weighted by Crippen LogP contribution is -1.89. The lowest BCUT2D eigenvalue weighted by Gasteiger charge is -1.99. The third-order valence-corrected chi connectivity index (χ3v) is 3.67. The second-order valence-electron chi connectivity index (χ2n) is 5.40. The van der Waals surface area contributed by atoms with Crippen LogP contribution in [0.3, 0.4) is 0 Å². The van der Waals surface area contributed by atoms with Crippen LogP contribution >= 0.6 is 0 Å². The number of pyridine rings is 1. The van der Waals surface area contributed by atoms with Crippen molar-refractivity contribution in [3.63, 3.8) is 0 Å². The molecule has 4 aromatic rings. The molecule has 4 rings (SSSR count). The van der Waals surface area contributed by atoms with Gasteiger partial charge in [-0.1, -0.05) is 0 Å². The number of hydrogen-bond donors (Lipinski definition) is 0. The van der Waals surface area contributed by atoms with Gasteiger partial charge in [0.2, 0.25) is 5.89 Å². The summed E-state index contributed by atoms with van der Waals surface area (Å²) in [5.41, 5.74) is 4.21. The summed E-state index contributed by atoms with van der Waals surface area (Å²) >= 11 is 0. The minimum atomic E-state index is -0.304. The number of benzene rings is 1. The number of nitrogens with zero attached hydrogens (tertiary/aromatic N) is 4. The Morgan fingerprint density at radius 3 is 2.52 bits per heavy atom. The summed E-state index contributed by atoms with van der Waals surface area (Å²) in [6.07, 6.45) is 1.93. The Morgan fingerprint density at radius 2 is 1.74 bits per heavy atom. The molecule has 23 heavy (non-hydrogen) atoms. The Morgan fingerprint density at radius 1 is 1.00 bits per heavy atom. The number of aryl methyl sites for hydroxylation is 2. The van der Waals surface area contributed by atoms with Gasteiger partial charge in [0, 0.05) is 11.8 Å². The van der Waals surface area contributed by atoms with Crippen molar-refractivity contribution in [1.82, 2.24) is 19.6 Å². The highest BCUT2D eigenvalue weighted by Gasteiger charge is 2.18. The molecule has 3 heterocycles. The van der Waals surface area contributed by atoms with Crippen LogP contribution in [0.1, 0.15) is 11.3 Å². The van der Waals surface area contributed by atoms with E-state index in [1.807, 2.05) is 36.6 Å². The zero-order valence-corrected chi connectivity index (χ0v) is 12.6. The Hall–Kier alpha value is -3.02. The molecule has 0 saturated heterocycles. The molecule has 0 unspecified atom stereocenters. The van der Waals surface area contributed by atoms with E-state index in [1.54, 1.807) is 12.1 Å². The topological polar surface area (TPSA) is 56.2 Å². The van der Waals surface area contributed by atoms with Crippen molar-refractivity contribution < 1.29 is 8.81 Å². The van der Waals surface area contributed by atoms with Crippen LogP contribution in [0.25, 0.3) is 28.7 Å². The maximum atomic E-state index is 13.0. The molecule has 0 saturated carbocycles. The summed E-state index contributed by atoms with van der Waals surface area (Å²) in [5, 5.41) is 8.18. The van der Waals surface area contributed by atoms with Crippen molar-refractivity contribution in [2.45, 2.75) is 13.8 Å². The van der Waals surface area contributed by atoms with Crippen LogP contribution < -0.4 is 0 Å². The van der Waals surface area contributed by atoms with E-state index in [4.69, 9.17) is 4.42 Å². The first-order valence-corrected chi connectivity index (χ1v) is 7.17. The lowest BCUT2D eigenvalue weighted by atomic mass is 10.2. The smallest absolute Gasteiger partial charge is 0.266 e. The maximum absolute atomic E-state index is 13.0. The molecule has 0 aliphatic carbocycles. The van der Waals surface area contributed by atoms with Gasteiger partial charge in [0.05, 0.1) is 5.69 Å². The van der Waals surface area contributed by atoms with Crippen LogP contribution in [0.2, 0.25) is 0 Å². The first-order chi connectivity index (χ1) is 11.1. The zero-order valence-electron chi connectivity index (χ0n) is 12.6. The second kappa shape index (κ2) is 5.01. The van der Waals surface area contributed by atoms with Crippen molar-refractivity contribution in [1.29, 1.82) is 0 Å². The average Bonchev–Trinajstić information content (AvgIpc) is 3.11. The first-order valence-electron chi connectivity index (χ1n) is 7.17. The minimum Gasteiger partial charge on any atom is -0.415 e. The van der Waals surface area contributed by atoms with Crippen molar-refractivity contribution >= 4 is 5.65 Å². The quantitative estimate of drug-likeness (QED) is 0.565. The molecular formula is C17H13FN4O. The van der Waals surface area contributed by atoms with Crippen LogP contribution in [0.15, 0.2) is 47.0 Å². The molecule has 0 N–H and O–H groups in total. The van der Waals surface area contributed by atoms with Crippen molar-refractivity contribution in [3.05, 3.63) is 59.7 Å². The normalized spacial score (nSPS) is 11.3. The van der Waals surface area contributed by atoms with Gasteiger partial charge in [-0.05, 0) is 55.8 Å². The third-order valence-electron chi connectivity index (χ3n) is 3.67. The fourth-order valence-electron chi connectivity index (χ4n) is 2.55. The van der Waals surface area contributed by atoms with E-state index in [9.17, 15) is 4.39 Å². The molecule has 0 aliphatic rings. The molecule has 0 radical (unpaired) electrons. The highest BCUT2D eigenvalue weighted by molar-refractivity contribution is 5.62. The summed E-state index contributed by atoms with van der Waals surface area (Å²) in [7, 11) is 0. The summed E-state index contributed by atoms with van der Waals surface area (Å²) in [6.45, 7) is 3.92. The van der Waals surface area contributed by atoms with Gasteiger partial charge in [0.25, 0.3) is 5.89 Å². The predicted molar refractivity (Wildman–Crippen MR) is 83.4 cm³/mol. The van der Waals surface area contributed by atoms with Crippen LogP contribution in [-0.4, -0.2) is 19.6 Å². The van der Waals surface area contributed by atoms with Gasteiger partial charge < -0.3 is 4.42 Å². The number of imidazole rings is 1. The summed E-state index contributed by atoms with van der Waals surface area (Å²) in [4.78, 5) is 4.53. The fourth-order valence-corrected chi connectivity index (χ4v) is 2.55. The van der Waals surface area contributed by atoms with Gasteiger partial charge in [-0.2, -0.15) is 0 Å². The number of hydrogen-bond acceptors (Lipinski definition) is 4. The number of halogens is 1. The van der Waals surface area contributed by atoms with Gasteiger partial charge in [-0.15, -0.1) is 10.2 Å². The molecule has 1 aromatic carbocycles. The van der Waals surface area contributed by atoms with E-state index < -0.39 is 0 Å². The van der Waals surface area contributed by atoms with E-state index in [0.717, 1.165) is 22.6 Å². The standard InChI is InChI=1S/C17H13FN4O/c1-10-7-8-22-14(9-10)19-11(2)15(22)17-21-20-16(23-17)12-3-5-13(18)6-4-12/h3-9H,1-2H3. The highest BCUT2D eigenvalue weighted by atomic mass is 19.1. The van der Waals surface area contributed by atoms with E-state index in [-0.39, 0.29) is 5.82 Å². The number of aromatic nitrogens is 4. The number of rotatable bonds is 2. The Balaban J connectivity index is 1.83. The second-order valence-corrected chi connectivity index (χ2v) is 5.40. The molecule has 5 nitrogen and oxygen atoms in total. The average molecular weight is 308 g/mol. The Kier molecular flexibility index (Phi) is 2.97. The number of fused-ring (bicyclic) bond motifs is 1. The molecule has 0 amide bonds. The van der Waals surface area contributed by atoms with Crippen LogP contribution in [-0.2, 0) is 0 Å². The maximum Gasteiger partial charge on any atom is 0.266 e. The van der Waals surface area contributed by atoms with Gasteiger partial charge in [0.15, 0.2) is 0 Å². The summed E-state index contributed by atoms with van der Waals surface area (Å²) in [6, 6.07) is 9.93. The molecule has 3 aromatic heterocycles. The minimum absolute atomic E-state index is 0.304. The van der Waals surface area contributed by atoms with E-state index in [2.05, 4.69) is 15.2 Å². The van der Waals surface area contributed by atoms with Crippen molar-refractivity contribution in [2.75, 3.05) is 0 Å². The first kappa shape index (κ1) is 13.6. The van der Waals surface area contributed by atoms with E-state index in [0.29, 0.717) is 17.3 Å². The molecule has 0 spiro atoms. The summed E-state index contributed by atoms with van der Waals surface area (Å²) in [5.74, 6) is 0.432. The zero-order chi connectivity index (χ0) is 16.0. The summed E-state index contributed by atoms with van der Waals surface area (Å²) < 4.78 is 20.7.